The van der Waals surface area contributed by atoms with Crippen molar-refractivity contribution in [2.45, 2.75) is 51.5 Å². The van der Waals surface area contributed by atoms with E-state index in [-0.39, 0.29) is 0 Å². The summed E-state index contributed by atoms with van der Waals surface area (Å²) in [7, 11) is 0. The molecule has 1 aromatic rings. The number of rotatable bonds is 7. The molecule has 1 nitrogen and oxygen atoms in total. The Bertz CT molecular complexity index is 298. The second-order valence-corrected chi connectivity index (χ2v) is 4.90. The van der Waals surface area contributed by atoms with E-state index < -0.39 is 0 Å². The van der Waals surface area contributed by atoms with Gasteiger partial charge >= 0.3 is 0 Å². The monoisotopic (exact) mass is 217 g/mol. The zero-order chi connectivity index (χ0) is 11.2. The maximum absolute atomic E-state index is 3.56. The van der Waals surface area contributed by atoms with E-state index in [4.69, 9.17) is 0 Å². The van der Waals surface area contributed by atoms with E-state index >= 15 is 0 Å². The molecule has 0 radical (unpaired) electrons. The molecule has 1 aliphatic carbocycles. The molecule has 1 N–H and O–H groups in total. The predicted molar refractivity (Wildman–Crippen MR) is 69.8 cm³/mol. The lowest BCUT2D eigenvalue weighted by Crippen LogP contribution is -2.17. The van der Waals surface area contributed by atoms with Gasteiger partial charge in [-0.1, -0.05) is 37.6 Å². The largest absolute Gasteiger partial charge is 0.314 e. The van der Waals surface area contributed by atoms with Crippen LogP contribution < -0.4 is 5.32 Å². The highest BCUT2D eigenvalue weighted by Crippen LogP contribution is 2.18. The lowest BCUT2D eigenvalue weighted by molar-refractivity contribution is 0.645. The van der Waals surface area contributed by atoms with Crippen LogP contribution in [0.15, 0.2) is 24.3 Å². The third-order valence-corrected chi connectivity index (χ3v) is 3.21. The fourth-order valence-electron chi connectivity index (χ4n) is 2.05. The molecule has 0 unspecified atom stereocenters. The molecule has 1 fully saturated rings. The van der Waals surface area contributed by atoms with Gasteiger partial charge in [0.2, 0.25) is 0 Å². The molecule has 0 atom stereocenters. The maximum atomic E-state index is 3.56. The Hall–Kier alpha value is -0.820. The van der Waals surface area contributed by atoms with Gasteiger partial charge in [-0.15, -0.1) is 0 Å². The zero-order valence-electron chi connectivity index (χ0n) is 10.3. The summed E-state index contributed by atoms with van der Waals surface area (Å²) >= 11 is 0. The first kappa shape index (κ1) is 11.7. The molecule has 0 heterocycles. The Kier molecular flexibility index (Phi) is 4.41. The summed E-state index contributed by atoms with van der Waals surface area (Å²) < 4.78 is 0. The Labute approximate surface area is 99.3 Å². The van der Waals surface area contributed by atoms with Crippen LogP contribution in [0.3, 0.4) is 0 Å². The molecule has 1 aliphatic rings. The number of benzene rings is 1. The van der Waals surface area contributed by atoms with Crippen LogP contribution in [0.2, 0.25) is 0 Å². The number of aryl methyl sites for hydroxylation is 2. The highest BCUT2D eigenvalue weighted by Gasteiger charge is 2.19. The molecule has 0 spiro atoms. The average Bonchev–Trinajstić information content (AvgIpc) is 3.11. The summed E-state index contributed by atoms with van der Waals surface area (Å²) in [6.07, 6.45) is 7.72. The van der Waals surface area contributed by atoms with Crippen LogP contribution in [0.4, 0.5) is 0 Å². The molecular weight excluding hydrogens is 194 g/mol. The Morgan fingerprint density at radius 3 is 2.25 bits per heavy atom. The first-order chi connectivity index (χ1) is 7.88. The fraction of sp³-hybridized carbons (Fsp3) is 0.600. The van der Waals surface area contributed by atoms with Crippen molar-refractivity contribution in [1.82, 2.24) is 5.32 Å². The van der Waals surface area contributed by atoms with E-state index in [1.165, 1.54) is 56.2 Å². The average molecular weight is 217 g/mol. The van der Waals surface area contributed by atoms with Gasteiger partial charge < -0.3 is 5.32 Å². The highest BCUT2D eigenvalue weighted by atomic mass is 14.9. The van der Waals surface area contributed by atoms with Crippen molar-refractivity contribution in [2.75, 3.05) is 6.54 Å². The number of nitrogens with one attached hydrogen (secondary N) is 1. The fourth-order valence-corrected chi connectivity index (χ4v) is 2.05. The molecule has 1 heteroatoms. The van der Waals surface area contributed by atoms with E-state index in [1.807, 2.05) is 0 Å². The topological polar surface area (TPSA) is 12.0 Å². The van der Waals surface area contributed by atoms with Crippen molar-refractivity contribution in [3.8, 4) is 0 Å². The van der Waals surface area contributed by atoms with Crippen molar-refractivity contribution in [2.24, 2.45) is 0 Å². The second kappa shape index (κ2) is 6.05. The van der Waals surface area contributed by atoms with E-state index in [1.54, 1.807) is 0 Å². The van der Waals surface area contributed by atoms with Gasteiger partial charge in [0.15, 0.2) is 0 Å². The van der Waals surface area contributed by atoms with Gasteiger partial charge in [0, 0.05) is 6.04 Å². The number of hydrogen-bond donors (Lipinski definition) is 1. The first-order valence-electron chi connectivity index (χ1n) is 6.69. The van der Waals surface area contributed by atoms with Crippen molar-refractivity contribution >= 4 is 0 Å². The molecule has 0 aromatic heterocycles. The van der Waals surface area contributed by atoms with E-state index in [9.17, 15) is 0 Å². The molecule has 88 valence electrons. The quantitative estimate of drug-likeness (QED) is 0.691. The molecule has 2 rings (SSSR count). The minimum atomic E-state index is 0.854. The van der Waals surface area contributed by atoms with Gasteiger partial charge in [0.05, 0.1) is 0 Å². The summed E-state index contributed by atoms with van der Waals surface area (Å²) in [4.78, 5) is 0. The Balaban J connectivity index is 1.67. The number of hydrogen-bond acceptors (Lipinski definition) is 1. The smallest absolute Gasteiger partial charge is 0.00682 e. The highest BCUT2D eigenvalue weighted by molar-refractivity contribution is 5.22. The lowest BCUT2D eigenvalue weighted by Gasteiger charge is -2.04. The third kappa shape index (κ3) is 3.97. The van der Waals surface area contributed by atoms with Crippen LogP contribution in [0.5, 0.6) is 0 Å². The minimum Gasteiger partial charge on any atom is -0.314 e. The second-order valence-electron chi connectivity index (χ2n) is 4.90. The molecule has 16 heavy (non-hydrogen) atoms. The Morgan fingerprint density at radius 1 is 1.06 bits per heavy atom. The van der Waals surface area contributed by atoms with Crippen molar-refractivity contribution in [3.63, 3.8) is 0 Å². The summed E-state index contributed by atoms with van der Waals surface area (Å²) in [5, 5.41) is 3.56. The van der Waals surface area contributed by atoms with Gasteiger partial charge in [-0.05, 0) is 49.8 Å². The van der Waals surface area contributed by atoms with E-state index in [0.717, 1.165) is 6.04 Å². The molecule has 1 saturated carbocycles. The van der Waals surface area contributed by atoms with Gasteiger partial charge in [0.1, 0.15) is 0 Å². The molecule has 0 aliphatic heterocycles. The van der Waals surface area contributed by atoms with E-state index in [0.29, 0.717) is 0 Å². The van der Waals surface area contributed by atoms with Crippen LogP contribution in [0.1, 0.15) is 43.7 Å². The standard InChI is InChI=1S/C15H23N/c1-2-4-13-6-8-14(9-7-13)5-3-12-16-15-10-11-15/h6-9,15-16H,2-5,10-12H2,1H3. The van der Waals surface area contributed by atoms with Crippen molar-refractivity contribution in [1.29, 1.82) is 0 Å². The van der Waals surface area contributed by atoms with E-state index in [2.05, 4.69) is 36.5 Å². The molecule has 0 bridgehead atoms. The molecule has 1 aromatic carbocycles. The predicted octanol–water partition coefficient (Wildman–Crippen LogP) is 3.32. The molecule has 0 amide bonds. The normalized spacial score (nSPS) is 15.3. The summed E-state index contributed by atoms with van der Waals surface area (Å²) in [5.41, 5.74) is 2.96. The SMILES string of the molecule is CCCc1ccc(CCCNC2CC2)cc1. The Morgan fingerprint density at radius 2 is 1.69 bits per heavy atom. The zero-order valence-corrected chi connectivity index (χ0v) is 10.3. The van der Waals surface area contributed by atoms with Gasteiger partial charge in [0.25, 0.3) is 0 Å². The lowest BCUT2D eigenvalue weighted by atomic mass is 10.0. The molecule has 0 saturated heterocycles. The summed E-state index contributed by atoms with van der Waals surface area (Å²) in [5.74, 6) is 0. The van der Waals surface area contributed by atoms with Gasteiger partial charge in [-0.2, -0.15) is 0 Å². The third-order valence-electron chi connectivity index (χ3n) is 3.21. The van der Waals surface area contributed by atoms with Crippen molar-refractivity contribution in [3.05, 3.63) is 35.4 Å². The van der Waals surface area contributed by atoms with Gasteiger partial charge in [-0.3, -0.25) is 0 Å². The molecular formula is C15H23N. The van der Waals surface area contributed by atoms with Crippen LogP contribution >= 0.6 is 0 Å². The summed E-state index contributed by atoms with van der Waals surface area (Å²) in [6, 6.07) is 10.0. The van der Waals surface area contributed by atoms with Crippen LogP contribution in [0, 0.1) is 0 Å². The van der Waals surface area contributed by atoms with Gasteiger partial charge in [-0.25, -0.2) is 0 Å². The first-order valence-corrected chi connectivity index (χ1v) is 6.69. The summed E-state index contributed by atoms with van der Waals surface area (Å²) in [6.45, 7) is 3.42. The van der Waals surface area contributed by atoms with Crippen LogP contribution in [-0.2, 0) is 12.8 Å². The van der Waals surface area contributed by atoms with Crippen LogP contribution in [0.25, 0.3) is 0 Å². The maximum Gasteiger partial charge on any atom is 0.00682 e. The minimum absolute atomic E-state index is 0.854. The van der Waals surface area contributed by atoms with Crippen LogP contribution in [-0.4, -0.2) is 12.6 Å². The van der Waals surface area contributed by atoms with Crippen molar-refractivity contribution < 1.29 is 0 Å².